The Morgan fingerprint density at radius 3 is 2.77 bits per heavy atom. The minimum atomic E-state index is -0.681. The van der Waals surface area contributed by atoms with Gasteiger partial charge in [0.25, 0.3) is 0 Å². The van der Waals surface area contributed by atoms with Gasteiger partial charge in [0.05, 0.1) is 17.9 Å². The van der Waals surface area contributed by atoms with Crippen LogP contribution in [0.4, 0.5) is 0 Å². The molecule has 30 heavy (non-hydrogen) atoms. The number of hydrogen-bond donors (Lipinski definition) is 1. The monoisotopic (exact) mass is 484 g/mol. The maximum Gasteiger partial charge on any atom is 0.338 e. The smallest absolute Gasteiger partial charge is 0.338 e. The van der Waals surface area contributed by atoms with E-state index in [1.807, 2.05) is 30.3 Å². The number of ether oxygens (including phenoxy) is 1. The van der Waals surface area contributed by atoms with Crippen LogP contribution in [0.25, 0.3) is 11.3 Å². The molecule has 1 atom stereocenters. The van der Waals surface area contributed by atoms with Crippen LogP contribution >= 0.6 is 27.7 Å². The summed E-state index contributed by atoms with van der Waals surface area (Å²) in [5, 5.41) is 9.95. The molecule has 0 fully saturated rings. The number of amidine groups is 1. The molecule has 0 saturated carbocycles. The van der Waals surface area contributed by atoms with E-state index in [9.17, 15) is 10.1 Å². The van der Waals surface area contributed by atoms with Gasteiger partial charge in [-0.3, -0.25) is 4.90 Å². The maximum atomic E-state index is 12.8. The average Bonchev–Trinajstić information content (AvgIpc) is 3.32. The summed E-state index contributed by atoms with van der Waals surface area (Å²) in [7, 11) is 0. The molecule has 0 aliphatic carbocycles. The first-order valence-corrected chi connectivity index (χ1v) is 10.7. The number of benzene rings is 1. The Balaban J connectivity index is 1.82. The molecule has 2 aliphatic heterocycles. The van der Waals surface area contributed by atoms with Gasteiger partial charge in [0, 0.05) is 10.0 Å². The third-order valence-corrected chi connectivity index (χ3v) is 6.20. The van der Waals surface area contributed by atoms with Crippen molar-refractivity contribution in [1.29, 1.82) is 5.26 Å². The number of nitriles is 1. The standard InChI is InChI=1S/C21H17BrN4O3S/c1-3-28-20(27)17-11(2)25-21-26(19(24)16(10-23)30-21)18(17)15-9-8-14(29-15)12-4-6-13(22)7-5-12/h4-9,18H,3,24H2,1-2H3/t18-/m1/s1. The second kappa shape index (κ2) is 8.05. The lowest BCUT2D eigenvalue weighted by Gasteiger charge is -2.33. The van der Waals surface area contributed by atoms with Gasteiger partial charge in [-0.05, 0) is 49.9 Å². The van der Waals surface area contributed by atoms with Crippen LogP contribution in [-0.4, -0.2) is 22.6 Å². The molecule has 2 aromatic rings. The van der Waals surface area contributed by atoms with E-state index in [1.54, 1.807) is 24.8 Å². The quantitative estimate of drug-likeness (QED) is 0.629. The van der Waals surface area contributed by atoms with E-state index in [0.717, 1.165) is 10.0 Å². The number of allylic oxidation sites excluding steroid dienone is 2. The number of rotatable bonds is 4. The highest BCUT2D eigenvalue weighted by molar-refractivity contribution is 9.10. The number of carbonyl (C=O) groups is 1. The molecular formula is C21H17BrN4O3S. The molecule has 0 spiro atoms. The third kappa shape index (κ3) is 3.42. The highest BCUT2D eigenvalue weighted by atomic mass is 79.9. The largest absolute Gasteiger partial charge is 0.463 e. The van der Waals surface area contributed by atoms with Gasteiger partial charge in [0.1, 0.15) is 34.4 Å². The van der Waals surface area contributed by atoms with Gasteiger partial charge < -0.3 is 14.9 Å². The molecule has 2 N–H and O–H groups in total. The molecule has 9 heteroatoms. The van der Waals surface area contributed by atoms with Gasteiger partial charge in [-0.2, -0.15) is 5.26 Å². The zero-order chi connectivity index (χ0) is 21.4. The van der Waals surface area contributed by atoms with E-state index in [4.69, 9.17) is 14.9 Å². The first-order valence-electron chi connectivity index (χ1n) is 9.13. The zero-order valence-electron chi connectivity index (χ0n) is 16.2. The van der Waals surface area contributed by atoms with Crippen LogP contribution in [0.2, 0.25) is 0 Å². The van der Waals surface area contributed by atoms with Crippen LogP contribution < -0.4 is 5.73 Å². The topological polar surface area (TPSA) is 105 Å². The SMILES string of the molecule is CCOC(=O)C1=C(C)N=C2SC(C#N)=C(N)N2[C@@H]1c1ccc(-c2ccc(Br)cc2)o1. The maximum absolute atomic E-state index is 12.8. The Morgan fingerprint density at radius 2 is 2.10 bits per heavy atom. The highest BCUT2D eigenvalue weighted by Crippen LogP contribution is 2.46. The van der Waals surface area contributed by atoms with E-state index < -0.39 is 12.0 Å². The number of aliphatic imine (C=N–C) groups is 1. The number of halogens is 1. The van der Waals surface area contributed by atoms with Gasteiger partial charge >= 0.3 is 5.97 Å². The van der Waals surface area contributed by atoms with Gasteiger partial charge in [-0.25, -0.2) is 9.79 Å². The van der Waals surface area contributed by atoms with Crippen LogP contribution in [0.15, 0.2) is 72.3 Å². The van der Waals surface area contributed by atoms with Crippen molar-refractivity contribution in [3.05, 3.63) is 68.6 Å². The molecular weight excluding hydrogens is 468 g/mol. The lowest BCUT2D eigenvalue weighted by atomic mass is 10.00. The molecule has 0 bridgehead atoms. The minimum absolute atomic E-state index is 0.227. The van der Waals surface area contributed by atoms with E-state index in [2.05, 4.69) is 27.0 Å². The zero-order valence-corrected chi connectivity index (χ0v) is 18.6. The van der Waals surface area contributed by atoms with Crippen molar-refractivity contribution in [3.8, 4) is 17.4 Å². The van der Waals surface area contributed by atoms with Gasteiger partial charge in [0.15, 0.2) is 5.17 Å². The van der Waals surface area contributed by atoms with Crippen molar-refractivity contribution in [2.45, 2.75) is 19.9 Å². The summed E-state index contributed by atoms with van der Waals surface area (Å²) in [5.41, 5.74) is 7.98. The van der Waals surface area contributed by atoms with E-state index in [0.29, 0.717) is 32.9 Å². The van der Waals surface area contributed by atoms with Crippen LogP contribution in [0.3, 0.4) is 0 Å². The lowest BCUT2D eigenvalue weighted by Crippen LogP contribution is -2.38. The van der Waals surface area contributed by atoms with Crippen molar-refractivity contribution in [2.24, 2.45) is 10.7 Å². The average molecular weight is 485 g/mol. The van der Waals surface area contributed by atoms with E-state index in [-0.39, 0.29) is 12.4 Å². The summed E-state index contributed by atoms with van der Waals surface area (Å²) >= 11 is 4.60. The number of esters is 1. The number of thioether (sulfide) groups is 1. The predicted molar refractivity (Wildman–Crippen MR) is 118 cm³/mol. The van der Waals surface area contributed by atoms with Crippen LogP contribution in [0.1, 0.15) is 25.6 Å². The number of fused-ring (bicyclic) bond motifs is 1. The van der Waals surface area contributed by atoms with Crippen LogP contribution in [-0.2, 0) is 9.53 Å². The molecule has 0 amide bonds. The first-order chi connectivity index (χ1) is 14.4. The molecule has 1 aromatic carbocycles. The summed E-state index contributed by atoms with van der Waals surface area (Å²) in [4.78, 5) is 19.3. The van der Waals surface area contributed by atoms with Gasteiger partial charge in [0.2, 0.25) is 0 Å². The molecule has 152 valence electrons. The summed E-state index contributed by atoms with van der Waals surface area (Å²) in [5.74, 6) is 0.900. The summed E-state index contributed by atoms with van der Waals surface area (Å²) in [6.07, 6.45) is 0. The van der Waals surface area contributed by atoms with Crippen molar-refractivity contribution in [2.75, 3.05) is 6.61 Å². The number of carbonyl (C=O) groups excluding carboxylic acids is 1. The molecule has 0 saturated heterocycles. The van der Waals surface area contributed by atoms with Crippen LogP contribution in [0.5, 0.6) is 0 Å². The summed E-state index contributed by atoms with van der Waals surface area (Å²) in [6.45, 7) is 3.71. The van der Waals surface area contributed by atoms with Crippen LogP contribution in [0, 0.1) is 11.3 Å². The predicted octanol–water partition coefficient (Wildman–Crippen LogP) is 4.66. The Kier molecular flexibility index (Phi) is 5.45. The van der Waals surface area contributed by atoms with Crippen molar-refractivity contribution >= 4 is 38.8 Å². The number of nitrogens with two attached hydrogens (primary N) is 1. The Bertz CT molecular complexity index is 1160. The minimum Gasteiger partial charge on any atom is -0.463 e. The number of hydrogen-bond acceptors (Lipinski definition) is 8. The third-order valence-electron chi connectivity index (χ3n) is 4.70. The lowest BCUT2D eigenvalue weighted by molar-refractivity contribution is -0.139. The summed E-state index contributed by atoms with van der Waals surface area (Å²) < 4.78 is 12.4. The normalized spacial score (nSPS) is 18.3. The van der Waals surface area contributed by atoms with E-state index in [1.165, 1.54) is 11.8 Å². The molecule has 0 radical (unpaired) electrons. The molecule has 7 nitrogen and oxygen atoms in total. The fourth-order valence-corrected chi connectivity index (χ4v) is 4.53. The second-order valence-electron chi connectivity index (χ2n) is 6.52. The molecule has 0 unspecified atom stereocenters. The van der Waals surface area contributed by atoms with Gasteiger partial charge in [-0.15, -0.1) is 0 Å². The Labute approximate surface area is 186 Å². The van der Waals surface area contributed by atoms with E-state index >= 15 is 0 Å². The molecule has 3 heterocycles. The van der Waals surface area contributed by atoms with Crippen molar-refractivity contribution in [3.63, 3.8) is 0 Å². The van der Waals surface area contributed by atoms with Gasteiger partial charge in [-0.1, -0.05) is 28.1 Å². The molecule has 2 aliphatic rings. The molecule has 4 rings (SSSR count). The number of furan rings is 1. The number of nitrogens with zero attached hydrogens (tertiary/aromatic N) is 3. The molecule has 1 aromatic heterocycles. The second-order valence-corrected chi connectivity index (χ2v) is 8.42. The Hall–Kier alpha value is -2.96. The Morgan fingerprint density at radius 1 is 1.37 bits per heavy atom. The fraction of sp³-hybridized carbons (Fsp3) is 0.190. The fourth-order valence-electron chi connectivity index (χ4n) is 3.35. The van der Waals surface area contributed by atoms with Crippen molar-refractivity contribution in [1.82, 2.24) is 4.90 Å². The van der Waals surface area contributed by atoms with Crippen molar-refractivity contribution < 1.29 is 13.9 Å². The highest BCUT2D eigenvalue weighted by Gasteiger charge is 2.44. The first kappa shape index (κ1) is 20.3. The summed E-state index contributed by atoms with van der Waals surface area (Å²) in [6, 6.07) is 12.8.